The quantitative estimate of drug-likeness (QED) is 0.590. The Hall–Kier alpha value is -2.67. The Bertz CT molecular complexity index is 986. The summed E-state index contributed by atoms with van der Waals surface area (Å²) >= 11 is 3.38. The lowest BCUT2D eigenvalue weighted by molar-refractivity contribution is -0.138. The Morgan fingerprint density at radius 2 is 1.93 bits per heavy atom. The summed E-state index contributed by atoms with van der Waals surface area (Å²) in [6.45, 7) is 2.68. The number of amides is 1. The van der Waals surface area contributed by atoms with Crippen LogP contribution >= 0.6 is 15.9 Å². The van der Waals surface area contributed by atoms with Gasteiger partial charge in [0.25, 0.3) is 5.91 Å². The Kier molecular flexibility index (Phi) is 5.17. The molecular formula is C21H18BrFN2O3. The normalized spacial score (nSPS) is 14.5. The molecule has 3 aromatic rings. The molecule has 1 aliphatic rings. The highest BCUT2D eigenvalue weighted by atomic mass is 79.9. The molecule has 1 amide bonds. The molecule has 0 aliphatic carbocycles. The van der Waals surface area contributed by atoms with E-state index in [1.807, 2.05) is 24.3 Å². The van der Waals surface area contributed by atoms with E-state index in [0.717, 1.165) is 21.3 Å². The van der Waals surface area contributed by atoms with Gasteiger partial charge in [0.15, 0.2) is 11.9 Å². The van der Waals surface area contributed by atoms with Gasteiger partial charge in [0.2, 0.25) is 0 Å². The monoisotopic (exact) mass is 444 g/mol. The molecule has 28 heavy (non-hydrogen) atoms. The van der Waals surface area contributed by atoms with Gasteiger partial charge in [-0.25, -0.2) is 4.39 Å². The van der Waals surface area contributed by atoms with Crippen LogP contribution in [0.5, 0.6) is 5.75 Å². The predicted octanol–water partition coefficient (Wildman–Crippen LogP) is 4.60. The maximum Gasteiger partial charge on any atom is 0.263 e. The van der Waals surface area contributed by atoms with Crippen LogP contribution < -0.4 is 4.74 Å². The first-order valence-electron chi connectivity index (χ1n) is 8.95. The summed E-state index contributed by atoms with van der Waals surface area (Å²) in [6.07, 6.45) is -0.00611. The number of carbonyl (C=O) groups excluding carboxylic acids is 1. The van der Waals surface area contributed by atoms with Gasteiger partial charge < -0.3 is 14.2 Å². The van der Waals surface area contributed by atoms with Crippen molar-refractivity contribution in [1.82, 2.24) is 10.1 Å². The van der Waals surface area contributed by atoms with Crippen LogP contribution in [-0.2, 0) is 17.8 Å². The van der Waals surface area contributed by atoms with Crippen LogP contribution in [-0.4, -0.2) is 28.6 Å². The van der Waals surface area contributed by atoms with E-state index >= 15 is 0 Å². The molecule has 0 fully saturated rings. The van der Waals surface area contributed by atoms with Gasteiger partial charge >= 0.3 is 0 Å². The van der Waals surface area contributed by atoms with Gasteiger partial charge in [0.05, 0.1) is 12.2 Å². The highest BCUT2D eigenvalue weighted by Gasteiger charge is 2.30. The Balaban J connectivity index is 1.50. The van der Waals surface area contributed by atoms with Crippen LogP contribution in [0.3, 0.4) is 0 Å². The third-order valence-electron chi connectivity index (χ3n) is 4.73. The van der Waals surface area contributed by atoms with E-state index in [1.54, 1.807) is 24.0 Å². The van der Waals surface area contributed by atoms with Crippen LogP contribution in [0.15, 0.2) is 57.5 Å². The number of ether oxygens (including phenoxy) is 1. The predicted molar refractivity (Wildman–Crippen MR) is 105 cm³/mol. The summed E-state index contributed by atoms with van der Waals surface area (Å²) in [7, 11) is 0. The van der Waals surface area contributed by atoms with E-state index in [-0.39, 0.29) is 11.7 Å². The maximum atomic E-state index is 13.2. The molecule has 1 unspecified atom stereocenters. The van der Waals surface area contributed by atoms with Crippen molar-refractivity contribution >= 4 is 21.8 Å². The zero-order valence-corrected chi connectivity index (χ0v) is 16.8. The number of halogens is 2. The Labute approximate surface area is 170 Å². The van der Waals surface area contributed by atoms with E-state index in [1.165, 1.54) is 12.1 Å². The highest BCUT2D eigenvalue weighted by molar-refractivity contribution is 9.10. The summed E-state index contributed by atoms with van der Waals surface area (Å²) in [5, 5.41) is 4.13. The van der Waals surface area contributed by atoms with E-state index in [2.05, 4.69) is 21.1 Å². The molecule has 0 N–H and O–H groups in total. The minimum atomic E-state index is -0.614. The van der Waals surface area contributed by atoms with Crippen LogP contribution in [0.25, 0.3) is 11.3 Å². The van der Waals surface area contributed by atoms with Gasteiger partial charge in [-0.1, -0.05) is 21.1 Å². The largest absolute Gasteiger partial charge is 0.481 e. The smallest absolute Gasteiger partial charge is 0.263 e. The summed E-state index contributed by atoms with van der Waals surface area (Å²) in [6, 6.07) is 13.4. The standard InChI is InChI=1S/C21H18BrFN2O3/c1-13(27-17-8-4-15(22)5-9-17)21(26)25-11-10-19-18(12-25)20(28-24-19)14-2-6-16(23)7-3-14/h2-9,13H,10-12H2,1H3. The van der Waals surface area contributed by atoms with Gasteiger partial charge in [-0.3, -0.25) is 4.79 Å². The molecule has 1 aromatic heterocycles. The van der Waals surface area contributed by atoms with Crippen molar-refractivity contribution in [1.29, 1.82) is 0 Å². The lowest BCUT2D eigenvalue weighted by atomic mass is 10.0. The second-order valence-corrected chi connectivity index (χ2v) is 7.58. The topological polar surface area (TPSA) is 55.6 Å². The molecular weight excluding hydrogens is 427 g/mol. The van der Waals surface area contributed by atoms with Gasteiger partial charge in [0, 0.05) is 28.6 Å². The zero-order chi connectivity index (χ0) is 19.7. The summed E-state index contributed by atoms with van der Waals surface area (Å²) in [5.74, 6) is 0.806. The number of hydrogen-bond donors (Lipinski definition) is 0. The van der Waals surface area contributed by atoms with Gasteiger partial charge in [-0.05, 0) is 55.5 Å². The molecule has 7 heteroatoms. The number of rotatable bonds is 4. The number of hydrogen-bond acceptors (Lipinski definition) is 4. The van der Waals surface area contributed by atoms with E-state index < -0.39 is 6.10 Å². The number of nitrogens with zero attached hydrogens (tertiary/aromatic N) is 2. The summed E-state index contributed by atoms with van der Waals surface area (Å²) < 4.78 is 25.4. The van der Waals surface area contributed by atoms with Gasteiger partial charge in [0.1, 0.15) is 11.6 Å². The molecule has 1 aliphatic heterocycles. The third-order valence-corrected chi connectivity index (χ3v) is 5.26. The van der Waals surface area contributed by atoms with Crippen LogP contribution in [0.1, 0.15) is 18.2 Å². The van der Waals surface area contributed by atoms with Crippen LogP contribution in [0.4, 0.5) is 4.39 Å². The third kappa shape index (κ3) is 3.80. The number of carbonyl (C=O) groups is 1. The molecule has 4 rings (SSSR count). The van der Waals surface area contributed by atoms with Crippen molar-refractivity contribution < 1.29 is 18.4 Å². The first kappa shape index (κ1) is 18.7. The average molecular weight is 445 g/mol. The molecule has 2 aromatic carbocycles. The molecule has 144 valence electrons. The minimum absolute atomic E-state index is 0.0974. The average Bonchev–Trinajstić information content (AvgIpc) is 3.13. The van der Waals surface area contributed by atoms with Crippen molar-refractivity contribution in [3.05, 3.63) is 70.1 Å². The van der Waals surface area contributed by atoms with Crippen molar-refractivity contribution in [3.8, 4) is 17.1 Å². The molecule has 5 nitrogen and oxygen atoms in total. The number of aromatic nitrogens is 1. The SMILES string of the molecule is CC(Oc1ccc(Br)cc1)C(=O)N1CCc2noc(-c3ccc(F)cc3)c2C1. The first-order valence-corrected chi connectivity index (χ1v) is 9.75. The van der Waals surface area contributed by atoms with Crippen molar-refractivity contribution in [2.45, 2.75) is 26.0 Å². The molecule has 0 saturated heterocycles. The molecule has 0 saturated carbocycles. The summed E-state index contributed by atoms with van der Waals surface area (Å²) in [5.41, 5.74) is 2.44. The first-order chi connectivity index (χ1) is 13.5. The molecule has 1 atom stereocenters. The lowest BCUT2D eigenvalue weighted by Crippen LogP contribution is -2.43. The van der Waals surface area contributed by atoms with Gasteiger partial charge in [-0.15, -0.1) is 0 Å². The van der Waals surface area contributed by atoms with Crippen LogP contribution in [0, 0.1) is 5.82 Å². The van der Waals surface area contributed by atoms with Crippen molar-refractivity contribution in [2.75, 3.05) is 6.54 Å². The maximum absolute atomic E-state index is 13.2. The Morgan fingerprint density at radius 1 is 1.21 bits per heavy atom. The minimum Gasteiger partial charge on any atom is -0.481 e. The molecule has 2 heterocycles. The summed E-state index contributed by atoms with van der Waals surface area (Å²) in [4.78, 5) is 14.6. The van der Waals surface area contributed by atoms with Gasteiger partial charge in [-0.2, -0.15) is 0 Å². The fourth-order valence-electron chi connectivity index (χ4n) is 3.25. The Morgan fingerprint density at radius 3 is 2.64 bits per heavy atom. The number of fused-ring (bicyclic) bond motifs is 1. The van der Waals surface area contributed by atoms with Crippen LogP contribution in [0.2, 0.25) is 0 Å². The number of benzene rings is 2. The second kappa shape index (κ2) is 7.75. The lowest BCUT2D eigenvalue weighted by Gasteiger charge is -2.29. The van der Waals surface area contributed by atoms with E-state index in [9.17, 15) is 9.18 Å². The van der Waals surface area contributed by atoms with Crippen molar-refractivity contribution in [3.63, 3.8) is 0 Å². The molecule has 0 spiro atoms. The zero-order valence-electron chi connectivity index (χ0n) is 15.2. The highest BCUT2D eigenvalue weighted by Crippen LogP contribution is 2.31. The van der Waals surface area contributed by atoms with E-state index in [0.29, 0.717) is 31.0 Å². The van der Waals surface area contributed by atoms with Crippen molar-refractivity contribution in [2.24, 2.45) is 0 Å². The molecule has 0 radical (unpaired) electrons. The fraction of sp³-hybridized carbons (Fsp3) is 0.238. The van der Waals surface area contributed by atoms with E-state index in [4.69, 9.17) is 9.26 Å². The molecule has 0 bridgehead atoms. The second-order valence-electron chi connectivity index (χ2n) is 6.67. The fourth-order valence-corrected chi connectivity index (χ4v) is 3.52.